The van der Waals surface area contributed by atoms with Gasteiger partial charge in [-0.2, -0.15) is 0 Å². The molecule has 168 valence electrons. The fraction of sp³-hybridized carbons (Fsp3) is 1.00. The van der Waals surface area contributed by atoms with Crippen LogP contribution in [0.1, 0.15) is 0 Å². The van der Waals surface area contributed by atoms with Gasteiger partial charge in [-0.3, -0.25) is 0 Å². The maximum absolute atomic E-state index is 5.18. The van der Waals surface area contributed by atoms with E-state index in [9.17, 15) is 0 Å². The molecule has 0 saturated carbocycles. The first kappa shape index (κ1) is 29.6. The summed E-state index contributed by atoms with van der Waals surface area (Å²) in [5.41, 5.74) is 0. The number of halogens is 2. The summed E-state index contributed by atoms with van der Waals surface area (Å²) in [6, 6.07) is 0. The normalized spacial score (nSPS) is 27.0. The van der Waals surface area contributed by atoms with E-state index in [1.165, 1.54) is 0 Å². The molecule has 27 heavy (non-hydrogen) atoms. The van der Waals surface area contributed by atoms with Crippen molar-refractivity contribution in [3.05, 3.63) is 0 Å². The maximum atomic E-state index is 5.18. The summed E-state index contributed by atoms with van der Waals surface area (Å²) in [6.45, 7) is 26.3. The molecule has 0 unspecified atom stereocenters. The summed E-state index contributed by atoms with van der Waals surface area (Å²) < 4.78 is 31.1. The fourth-order valence-electron chi connectivity index (χ4n) is 3.32. The molecule has 1 aliphatic rings. The van der Waals surface area contributed by atoms with Crippen molar-refractivity contribution >= 4 is 62.3 Å². The third-order valence-corrected chi connectivity index (χ3v) is 23.6. The number of nitrogens with zero attached hydrogens (tertiary/aromatic N) is 6. The van der Waals surface area contributed by atoms with Gasteiger partial charge in [0.05, 0.1) is 43.2 Å². The summed E-state index contributed by atoms with van der Waals surface area (Å²) in [6.07, 6.45) is 0. The minimum atomic E-state index is -1.75. The Morgan fingerprint density at radius 1 is 0.370 bits per heavy atom. The van der Waals surface area contributed by atoms with E-state index >= 15 is 0 Å². The van der Waals surface area contributed by atoms with Crippen LogP contribution in [0.3, 0.4) is 0 Å². The molecular weight excluding hydrogens is 591 g/mol. The average molecular weight is 628 g/mol. The van der Waals surface area contributed by atoms with Crippen molar-refractivity contribution in [2.45, 2.75) is 0 Å². The molecule has 0 amide bonds. The quantitative estimate of drug-likeness (QED) is 0.190. The molecule has 1 heterocycles. The van der Waals surface area contributed by atoms with E-state index in [-0.39, 0.29) is 15.9 Å². The Hall–Kier alpha value is 2.62. The van der Waals surface area contributed by atoms with E-state index in [2.05, 4.69) is 80.0 Å². The van der Waals surface area contributed by atoms with Crippen LogP contribution in [-0.2, 0) is 15.9 Å². The molecule has 0 spiro atoms. The van der Waals surface area contributed by atoms with Crippen molar-refractivity contribution in [2.75, 3.05) is 80.0 Å². The third kappa shape index (κ3) is 13.6. The second kappa shape index (κ2) is 10.5. The van der Waals surface area contributed by atoms with E-state index in [0.29, 0.717) is 0 Å². The van der Waals surface area contributed by atoms with Crippen LogP contribution < -0.4 is 0 Å². The summed E-state index contributed by atoms with van der Waals surface area (Å²) in [7, 11) is -0.895. The molecule has 0 fully saturated rings. The molecule has 0 saturated heterocycles. The van der Waals surface area contributed by atoms with Crippen molar-refractivity contribution in [1.82, 2.24) is 0 Å². The molecule has 1 rings (SSSR count). The van der Waals surface area contributed by atoms with E-state index in [4.69, 9.17) is 46.2 Å². The number of rotatable bonds is 0. The van der Waals surface area contributed by atoms with Gasteiger partial charge in [0, 0.05) is 0 Å². The number of hydrogen-bond acceptors (Lipinski definition) is 6. The molecule has 0 aliphatic carbocycles. The van der Waals surface area contributed by atoms with E-state index < -0.39 is 43.2 Å². The second-order valence-electron chi connectivity index (χ2n) is 8.60. The first-order valence-electron chi connectivity index (χ1n) is 8.01. The van der Waals surface area contributed by atoms with E-state index in [1.807, 2.05) is 0 Å². The summed E-state index contributed by atoms with van der Waals surface area (Å²) in [4.78, 5) is 0. The molecule has 1 aliphatic heterocycles. The number of hydrogen-bond donors (Lipinski definition) is 0. The molecule has 0 radical (unpaired) electrons. The Labute approximate surface area is 184 Å². The van der Waals surface area contributed by atoms with E-state index in [0.717, 1.165) is 0 Å². The van der Waals surface area contributed by atoms with E-state index in [1.54, 1.807) is 0 Å². The predicted molar refractivity (Wildman–Crippen MR) is 139 cm³/mol. The first-order chi connectivity index (χ1) is 11.7. The molecule has 6 nitrogen and oxygen atoms in total. The third-order valence-electron chi connectivity index (χ3n) is 2.63. The topological polar surface area (TPSA) is 74.2 Å². The summed E-state index contributed by atoms with van der Waals surface area (Å²) >= 11 is -0.106. The molecule has 0 aromatic heterocycles. The van der Waals surface area contributed by atoms with Gasteiger partial charge in [0.1, 0.15) is 0 Å². The molecule has 0 aromatic carbocycles. The molecule has 0 N–H and O–H groups in total. The van der Waals surface area contributed by atoms with Gasteiger partial charge in [-0.25, -0.2) is 27.1 Å². The zero-order valence-corrected chi connectivity index (χ0v) is 26.9. The Bertz CT molecular complexity index is 653. The molecular formula is C12H36Cl2N6P6Pd. The van der Waals surface area contributed by atoms with Gasteiger partial charge in [0.15, 0.2) is 0 Å². The van der Waals surface area contributed by atoms with Crippen molar-refractivity contribution < 1.29 is 15.9 Å². The summed E-state index contributed by atoms with van der Waals surface area (Å²) in [5.74, 6) is 0. The molecule has 0 atom stereocenters. The zero-order valence-electron chi connectivity index (χ0n) is 18.4. The zero-order chi connectivity index (χ0) is 21.9. The standard InChI is InChI=1S/C12H36N6P6.2ClH.Pd/c1-19(2)13-20(3,4)15-22(7,8)17-24(11,12)18-23(9,10)16-21(5,6)14-19;;;/h1-12H3;2*1H;/q;;;+2/p-2. The van der Waals surface area contributed by atoms with Crippen LogP contribution in [0.4, 0.5) is 0 Å². The van der Waals surface area contributed by atoms with Crippen LogP contribution in [0.15, 0.2) is 27.1 Å². The minimum absolute atomic E-state index is 0.106. The van der Waals surface area contributed by atoms with Crippen LogP contribution in [0.5, 0.6) is 0 Å². The van der Waals surface area contributed by atoms with Gasteiger partial charge in [-0.05, 0) is 80.0 Å². The molecule has 0 bridgehead atoms. The monoisotopic (exact) mass is 626 g/mol. The van der Waals surface area contributed by atoms with Crippen molar-refractivity contribution in [3.63, 3.8) is 0 Å². The van der Waals surface area contributed by atoms with Gasteiger partial charge >= 0.3 is 35.0 Å². The fourth-order valence-corrected chi connectivity index (χ4v) is 31.8. The van der Waals surface area contributed by atoms with Crippen molar-refractivity contribution in [1.29, 1.82) is 0 Å². The predicted octanol–water partition coefficient (Wildman–Crippen LogP) is 9.63. The van der Waals surface area contributed by atoms with Crippen LogP contribution >= 0.6 is 62.3 Å². The van der Waals surface area contributed by atoms with Crippen molar-refractivity contribution in [3.8, 4) is 0 Å². The van der Waals surface area contributed by atoms with Crippen LogP contribution in [0.25, 0.3) is 0 Å². The Morgan fingerprint density at radius 3 is 0.519 bits per heavy atom. The molecule has 15 heteroatoms. The van der Waals surface area contributed by atoms with Gasteiger partial charge in [0.25, 0.3) is 0 Å². The van der Waals surface area contributed by atoms with Crippen LogP contribution in [0, 0.1) is 0 Å². The van der Waals surface area contributed by atoms with Crippen LogP contribution in [-0.4, -0.2) is 80.0 Å². The molecule has 0 aromatic rings. The first-order valence-corrected chi connectivity index (χ1v) is 27.5. The van der Waals surface area contributed by atoms with Gasteiger partial charge in [-0.1, -0.05) is 0 Å². The SMILES string of the molecule is CP1(C)=NP(C)(C)=NP(C)(C)=NP(C)(C)=NP(C)(C)=NP(C)(C)=N1.[Cl][Pd][Cl]. The van der Waals surface area contributed by atoms with Gasteiger partial charge < -0.3 is 0 Å². The Kier molecular flexibility index (Phi) is 11.5. The van der Waals surface area contributed by atoms with Gasteiger partial charge in [-0.15, -0.1) is 0 Å². The Balaban J connectivity index is 0.00000210. The van der Waals surface area contributed by atoms with Crippen LogP contribution in [0.2, 0.25) is 0 Å². The second-order valence-corrected chi connectivity index (χ2v) is 31.3. The summed E-state index contributed by atoms with van der Waals surface area (Å²) in [5, 5.41) is 0. The van der Waals surface area contributed by atoms with Crippen molar-refractivity contribution in [2.24, 2.45) is 27.1 Å². The Morgan fingerprint density at radius 2 is 0.444 bits per heavy atom. The average Bonchev–Trinajstić information content (AvgIpc) is 2.14. The van der Waals surface area contributed by atoms with Gasteiger partial charge in [0.2, 0.25) is 0 Å².